The van der Waals surface area contributed by atoms with Gasteiger partial charge in [0.15, 0.2) is 5.78 Å². The Balaban J connectivity index is 2.88. The molecule has 0 saturated heterocycles. The van der Waals surface area contributed by atoms with E-state index in [-0.39, 0.29) is 10.6 Å². The van der Waals surface area contributed by atoms with Gasteiger partial charge in [-0.2, -0.15) is 0 Å². The van der Waals surface area contributed by atoms with Crippen LogP contribution in [0.2, 0.25) is 0 Å². The lowest BCUT2D eigenvalue weighted by Crippen LogP contribution is -2.11. The molecule has 88 valence electrons. The summed E-state index contributed by atoms with van der Waals surface area (Å²) in [6, 6.07) is 6.30. The fourth-order valence-corrected chi connectivity index (χ4v) is 1.97. The average Bonchev–Trinajstić information content (AvgIpc) is 2.15. The van der Waals surface area contributed by atoms with Crippen LogP contribution in [0.4, 0.5) is 5.69 Å². The van der Waals surface area contributed by atoms with Gasteiger partial charge >= 0.3 is 0 Å². The van der Waals surface area contributed by atoms with E-state index < -0.39 is 10.0 Å². The van der Waals surface area contributed by atoms with Gasteiger partial charge in [-0.1, -0.05) is 15.9 Å². The predicted molar refractivity (Wildman–Crippen MR) is 67.6 cm³/mol. The average molecular weight is 306 g/mol. The Morgan fingerprint density at radius 3 is 2.19 bits per heavy atom. The minimum absolute atomic E-state index is 0.0362. The normalized spacial score (nSPS) is 13.2. The number of nitrogens with one attached hydrogen (secondary N) is 1. The van der Waals surface area contributed by atoms with E-state index in [2.05, 4.69) is 20.7 Å². The Bertz CT molecular complexity index is 479. The monoisotopic (exact) mass is 305 g/mol. The fraction of sp³-hybridized carbons (Fsp3) is 0.300. The number of hydrogen-bond donors (Lipinski definition) is 1. The summed E-state index contributed by atoms with van der Waals surface area (Å²) < 4.78 is 24.2. The molecule has 0 fully saturated rings. The maximum atomic E-state index is 11.6. The fourth-order valence-electron chi connectivity index (χ4n) is 1.15. The number of benzene rings is 1. The molecule has 4 nitrogen and oxygen atoms in total. The van der Waals surface area contributed by atoms with E-state index in [0.717, 1.165) is 6.26 Å². The zero-order chi connectivity index (χ0) is 12.3. The van der Waals surface area contributed by atoms with Crippen molar-refractivity contribution in [3.05, 3.63) is 29.8 Å². The number of carbonyl (C=O) groups is 1. The van der Waals surface area contributed by atoms with Gasteiger partial charge in [-0.05, 0) is 31.2 Å². The van der Waals surface area contributed by atoms with E-state index in [1.165, 1.54) is 0 Å². The molecule has 0 amide bonds. The molecular formula is C10H12BrNO3S. The first-order chi connectivity index (χ1) is 7.29. The third-order valence-electron chi connectivity index (χ3n) is 1.83. The first-order valence-electron chi connectivity index (χ1n) is 4.56. The van der Waals surface area contributed by atoms with Gasteiger partial charge in [0, 0.05) is 11.3 Å². The topological polar surface area (TPSA) is 63.2 Å². The predicted octanol–water partition coefficient (Wildman–Crippen LogP) is 2.02. The molecule has 0 aromatic heterocycles. The van der Waals surface area contributed by atoms with E-state index in [4.69, 9.17) is 0 Å². The van der Waals surface area contributed by atoms with Gasteiger partial charge in [-0.3, -0.25) is 9.52 Å². The van der Waals surface area contributed by atoms with Crippen molar-refractivity contribution in [1.29, 1.82) is 0 Å². The third-order valence-corrected chi connectivity index (χ3v) is 2.86. The molecule has 0 aliphatic heterocycles. The van der Waals surface area contributed by atoms with Crippen LogP contribution in [0.25, 0.3) is 0 Å². The second-order valence-electron chi connectivity index (χ2n) is 3.43. The van der Waals surface area contributed by atoms with Gasteiger partial charge in [0.25, 0.3) is 0 Å². The SMILES string of the molecule is CC(Br)C(=O)c1ccc(NS(C)(=O)=O)cc1. The summed E-state index contributed by atoms with van der Waals surface area (Å²) in [5, 5.41) is 0. The van der Waals surface area contributed by atoms with E-state index in [1.54, 1.807) is 31.2 Å². The number of hydrogen-bond acceptors (Lipinski definition) is 3. The van der Waals surface area contributed by atoms with Crippen LogP contribution in [0, 0.1) is 0 Å². The summed E-state index contributed by atoms with van der Waals surface area (Å²) in [7, 11) is -3.27. The van der Waals surface area contributed by atoms with Crippen molar-refractivity contribution in [2.24, 2.45) is 0 Å². The van der Waals surface area contributed by atoms with Crippen molar-refractivity contribution < 1.29 is 13.2 Å². The summed E-state index contributed by atoms with van der Waals surface area (Å²) in [6.45, 7) is 1.74. The number of carbonyl (C=O) groups excluding carboxylic acids is 1. The second-order valence-corrected chi connectivity index (χ2v) is 6.55. The summed E-state index contributed by atoms with van der Waals surface area (Å²) in [6.07, 6.45) is 1.08. The van der Waals surface area contributed by atoms with Crippen molar-refractivity contribution >= 4 is 37.4 Å². The lowest BCUT2D eigenvalue weighted by Gasteiger charge is -2.06. The van der Waals surface area contributed by atoms with Gasteiger partial charge in [0.05, 0.1) is 11.1 Å². The lowest BCUT2D eigenvalue weighted by atomic mass is 10.1. The van der Waals surface area contributed by atoms with Gasteiger partial charge in [-0.15, -0.1) is 0 Å². The molecule has 0 aliphatic rings. The van der Waals surface area contributed by atoms with Crippen LogP contribution >= 0.6 is 15.9 Å². The van der Waals surface area contributed by atoms with Crippen LogP contribution in [-0.4, -0.2) is 25.3 Å². The highest BCUT2D eigenvalue weighted by atomic mass is 79.9. The standard InChI is InChI=1S/C10H12BrNO3S/c1-7(11)10(13)8-3-5-9(6-4-8)12-16(2,14)15/h3-7,12H,1-2H3. The Labute approximate surface area is 103 Å². The van der Waals surface area contributed by atoms with E-state index in [9.17, 15) is 13.2 Å². The van der Waals surface area contributed by atoms with E-state index in [1.807, 2.05) is 0 Å². The first-order valence-corrected chi connectivity index (χ1v) is 7.36. The molecular weight excluding hydrogens is 294 g/mol. The van der Waals surface area contributed by atoms with E-state index >= 15 is 0 Å². The molecule has 0 bridgehead atoms. The summed E-state index contributed by atoms with van der Waals surface area (Å²) in [4.78, 5) is 11.3. The van der Waals surface area contributed by atoms with E-state index in [0.29, 0.717) is 11.3 Å². The van der Waals surface area contributed by atoms with Crippen LogP contribution < -0.4 is 4.72 Å². The number of halogens is 1. The van der Waals surface area contributed by atoms with Crippen molar-refractivity contribution in [3.63, 3.8) is 0 Å². The summed E-state index contributed by atoms with van der Waals surface area (Å²) in [5.74, 6) is -0.0362. The largest absolute Gasteiger partial charge is 0.293 e. The quantitative estimate of drug-likeness (QED) is 0.684. The highest BCUT2D eigenvalue weighted by Crippen LogP contribution is 2.14. The highest BCUT2D eigenvalue weighted by Gasteiger charge is 2.11. The molecule has 0 saturated carbocycles. The molecule has 1 aromatic carbocycles. The lowest BCUT2D eigenvalue weighted by molar-refractivity contribution is 0.0996. The molecule has 6 heteroatoms. The molecule has 0 radical (unpaired) electrons. The number of Topliss-reactive ketones (excluding diaryl/α,β-unsaturated/α-hetero) is 1. The second kappa shape index (κ2) is 4.97. The molecule has 16 heavy (non-hydrogen) atoms. The van der Waals surface area contributed by atoms with Crippen LogP contribution in [-0.2, 0) is 10.0 Å². The van der Waals surface area contributed by atoms with Crippen molar-refractivity contribution in [2.45, 2.75) is 11.8 Å². The highest BCUT2D eigenvalue weighted by molar-refractivity contribution is 9.10. The summed E-state index contributed by atoms with van der Waals surface area (Å²) >= 11 is 3.18. The first kappa shape index (κ1) is 13.2. The minimum Gasteiger partial charge on any atom is -0.293 e. The van der Waals surface area contributed by atoms with Crippen molar-refractivity contribution in [1.82, 2.24) is 0 Å². The number of alkyl halides is 1. The van der Waals surface area contributed by atoms with Gasteiger partial charge < -0.3 is 0 Å². The number of rotatable bonds is 4. The molecule has 1 rings (SSSR count). The summed E-state index contributed by atoms with van der Waals surface area (Å²) in [5.41, 5.74) is 0.990. The molecule has 0 aliphatic carbocycles. The zero-order valence-electron chi connectivity index (χ0n) is 8.90. The number of ketones is 1. The molecule has 1 N–H and O–H groups in total. The van der Waals surface area contributed by atoms with Gasteiger partial charge in [0.1, 0.15) is 0 Å². The van der Waals surface area contributed by atoms with Crippen LogP contribution in [0.15, 0.2) is 24.3 Å². The minimum atomic E-state index is -3.27. The zero-order valence-corrected chi connectivity index (χ0v) is 11.3. The van der Waals surface area contributed by atoms with Crippen molar-refractivity contribution in [2.75, 3.05) is 11.0 Å². The van der Waals surface area contributed by atoms with Gasteiger partial charge in [-0.25, -0.2) is 8.42 Å². The smallest absolute Gasteiger partial charge is 0.229 e. The third kappa shape index (κ3) is 3.94. The van der Waals surface area contributed by atoms with Crippen LogP contribution in [0.3, 0.4) is 0 Å². The molecule has 1 aromatic rings. The van der Waals surface area contributed by atoms with Crippen LogP contribution in [0.1, 0.15) is 17.3 Å². The number of anilines is 1. The molecule has 0 spiro atoms. The maximum absolute atomic E-state index is 11.6. The Morgan fingerprint density at radius 2 is 1.81 bits per heavy atom. The Morgan fingerprint density at radius 1 is 1.31 bits per heavy atom. The van der Waals surface area contributed by atoms with Gasteiger partial charge in [0.2, 0.25) is 10.0 Å². The molecule has 1 atom stereocenters. The Kier molecular flexibility index (Phi) is 4.09. The molecule has 0 heterocycles. The Hall–Kier alpha value is -0.880. The number of sulfonamides is 1. The van der Waals surface area contributed by atoms with Crippen LogP contribution in [0.5, 0.6) is 0 Å². The van der Waals surface area contributed by atoms with Crippen molar-refractivity contribution in [3.8, 4) is 0 Å². The molecule has 1 unspecified atom stereocenters. The maximum Gasteiger partial charge on any atom is 0.229 e.